The van der Waals surface area contributed by atoms with E-state index in [1.54, 1.807) is 0 Å². The summed E-state index contributed by atoms with van der Waals surface area (Å²) in [5.74, 6) is 0. The molecule has 1 heteroatoms. The van der Waals surface area contributed by atoms with Gasteiger partial charge in [0.1, 0.15) is 6.29 Å². The van der Waals surface area contributed by atoms with Crippen molar-refractivity contribution in [1.82, 2.24) is 0 Å². The Morgan fingerprint density at radius 3 is 2.29 bits per heavy atom. The minimum atomic E-state index is 0.750. The summed E-state index contributed by atoms with van der Waals surface area (Å²) < 4.78 is 0. The maximum Gasteiger partial charge on any atom is 0.150 e. The molecule has 86 valence electrons. The first-order valence-corrected chi connectivity index (χ1v) is 5.89. The van der Waals surface area contributed by atoms with Crippen molar-refractivity contribution in [2.45, 2.75) is 20.3 Å². The molecule has 0 aliphatic rings. The van der Waals surface area contributed by atoms with E-state index >= 15 is 0 Å². The first-order chi connectivity index (χ1) is 8.22. The van der Waals surface area contributed by atoms with Crippen LogP contribution in [0.25, 0.3) is 11.1 Å². The Bertz CT molecular complexity index is 524. The van der Waals surface area contributed by atoms with Crippen LogP contribution in [0, 0.1) is 6.92 Å². The molecule has 0 aromatic heterocycles. The normalized spacial score (nSPS) is 10.2. The molecule has 2 rings (SSSR count). The van der Waals surface area contributed by atoms with Gasteiger partial charge in [0.15, 0.2) is 0 Å². The first kappa shape index (κ1) is 11.6. The first-order valence-electron chi connectivity index (χ1n) is 5.89. The standard InChI is InChI=1S/C16H16O/c1-3-13-8-14(11-17)10-16(9-13)15-6-4-12(2)5-7-15/h4-11H,3H2,1-2H3. The van der Waals surface area contributed by atoms with Crippen molar-refractivity contribution < 1.29 is 4.79 Å². The van der Waals surface area contributed by atoms with Crippen LogP contribution in [0.3, 0.4) is 0 Å². The molecule has 0 fully saturated rings. The smallest absolute Gasteiger partial charge is 0.150 e. The number of aryl methyl sites for hydroxylation is 2. The molecular weight excluding hydrogens is 208 g/mol. The lowest BCUT2D eigenvalue weighted by Crippen LogP contribution is -1.88. The quantitative estimate of drug-likeness (QED) is 0.719. The lowest BCUT2D eigenvalue weighted by Gasteiger charge is -2.06. The van der Waals surface area contributed by atoms with Crippen LogP contribution in [-0.2, 0) is 6.42 Å². The summed E-state index contributed by atoms with van der Waals surface area (Å²) >= 11 is 0. The second-order valence-electron chi connectivity index (χ2n) is 4.30. The highest BCUT2D eigenvalue weighted by atomic mass is 16.1. The highest BCUT2D eigenvalue weighted by Gasteiger charge is 2.02. The molecule has 0 saturated heterocycles. The van der Waals surface area contributed by atoms with Gasteiger partial charge in [0, 0.05) is 5.56 Å². The molecule has 0 N–H and O–H groups in total. The minimum Gasteiger partial charge on any atom is -0.298 e. The van der Waals surface area contributed by atoms with Crippen molar-refractivity contribution in [2.24, 2.45) is 0 Å². The van der Waals surface area contributed by atoms with E-state index in [1.165, 1.54) is 11.1 Å². The van der Waals surface area contributed by atoms with Crippen LogP contribution < -0.4 is 0 Å². The van der Waals surface area contributed by atoms with Crippen molar-refractivity contribution in [3.05, 3.63) is 59.2 Å². The third kappa shape index (κ3) is 2.62. The monoisotopic (exact) mass is 224 g/mol. The molecule has 1 nitrogen and oxygen atoms in total. The SMILES string of the molecule is CCc1cc(C=O)cc(-c2ccc(C)cc2)c1. The molecule has 0 atom stereocenters. The van der Waals surface area contributed by atoms with E-state index in [-0.39, 0.29) is 0 Å². The lowest BCUT2D eigenvalue weighted by atomic mass is 9.98. The van der Waals surface area contributed by atoms with Gasteiger partial charge in [-0.2, -0.15) is 0 Å². The fraction of sp³-hybridized carbons (Fsp3) is 0.188. The van der Waals surface area contributed by atoms with Gasteiger partial charge in [0.2, 0.25) is 0 Å². The molecular formula is C16H16O. The predicted molar refractivity (Wildman–Crippen MR) is 71.4 cm³/mol. The molecule has 0 aliphatic heterocycles. The van der Waals surface area contributed by atoms with Gasteiger partial charge >= 0.3 is 0 Å². The zero-order valence-electron chi connectivity index (χ0n) is 10.2. The molecule has 0 spiro atoms. The van der Waals surface area contributed by atoms with Gasteiger partial charge < -0.3 is 0 Å². The molecule has 0 heterocycles. The van der Waals surface area contributed by atoms with E-state index in [2.05, 4.69) is 44.2 Å². The fourth-order valence-electron chi connectivity index (χ4n) is 1.90. The summed E-state index contributed by atoms with van der Waals surface area (Å²) in [6.45, 7) is 4.17. The third-order valence-electron chi connectivity index (χ3n) is 2.94. The second kappa shape index (κ2) is 4.96. The Kier molecular flexibility index (Phi) is 3.38. The van der Waals surface area contributed by atoms with Crippen molar-refractivity contribution in [1.29, 1.82) is 0 Å². The average Bonchev–Trinajstić information content (AvgIpc) is 2.39. The van der Waals surface area contributed by atoms with Crippen LogP contribution >= 0.6 is 0 Å². The van der Waals surface area contributed by atoms with Crippen molar-refractivity contribution in [3.8, 4) is 11.1 Å². The van der Waals surface area contributed by atoms with Gasteiger partial charge in [-0.1, -0.05) is 42.8 Å². The number of carbonyl (C=O) groups excluding carboxylic acids is 1. The summed E-state index contributed by atoms with van der Waals surface area (Å²) in [5, 5.41) is 0. The van der Waals surface area contributed by atoms with E-state index in [4.69, 9.17) is 0 Å². The Hall–Kier alpha value is -1.89. The van der Waals surface area contributed by atoms with Gasteiger partial charge in [-0.05, 0) is 42.2 Å². The number of aldehydes is 1. The molecule has 17 heavy (non-hydrogen) atoms. The summed E-state index contributed by atoms with van der Waals surface area (Å²) in [5.41, 5.74) is 5.47. The number of hydrogen-bond acceptors (Lipinski definition) is 1. The van der Waals surface area contributed by atoms with Crippen LogP contribution in [0.15, 0.2) is 42.5 Å². The Morgan fingerprint density at radius 1 is 1.00 bits per heavy atom. The molecule has 0 amide bonds. The maximum atomic E-state index is 10.9. The zero-order valence-corrected chi connectivity index (χ0v) is 10.2. The van der Waals surface area contributed by atoms with Crippen molar-refractivity contribution in [3.63, 3.8) is 0 Å². The van der Waals surface area contributed by atoms with Gasteiger partial charge in [-0.3, -0.25) is 4.79 Å². The molecule has 0 bridgehead atoms. The highest BCUT2D eigenvalue weighted by Crippen LogP contribution is 2.22. The number of hydrogen-bond donors (Lipinski definition) is 0. The van der Waals surface area contributed by atoms with Crippen LogP contribution in [0.4, 0.5) is 0 Å². The van der Waals surface area contributed by atoms with Crippen LogP contribution in [-0.4, -0.2) is 6.29 Å². The third-order valence-corrected chi connectivity index (χ3v) is 2.94. The zero-order chi connectivity index (χ0) is 12.3. The summed E-state index contributed by atoms with van der Waals surface area (Å²) in [7, 11) is 0. The van der Waals surface area contributed by atoms with Gasteiger partial charge in [-0.25, -0.2) is 0 Å². The van der Waals surface area contributed by atoms with E-state index in [0.717, 1.165) is 29.4 Å². The number of carbonyl (C=O) groups is 1. The molecule has 2 aromatic carbocycles. The highest BCUT2D eigenvalue weighted by molar-refractivity contribution is 5.79. The average molecular weight is 224 g/mol. The fourth-order valence-corrected chi connectivity index (χ4v) is 1.90. The minimum absolute atomic E-state index is 0.750. The second-order valence-corrected chi connectivity index (χ2v) is 4.30. The Labute approximate surface area is 102 Å². The number of benzene rings is 2. The largest absolute Gasteiger partial charge is 0.298 e. The van der Waals surface area contributed by atoms with E-state index in [0.29, 0.717) is 0 Å². The number of rotatable bonds is 3. The van der Waals surface area contributed by atoms with Gasteiger partial charge in [-0.15, -0.1) is 0 Å². The van der Waals surface area contributed by atoms with Crippen LogP contribution in [0.5, 0.6) is 0 Å². The van der Waals surface area contributed by atoms with Crippen molar-refractivity contribution >= 4 is 6.29 Å². The van der Waals surface area contributed by atoms with Crippen molar-refractivity contribution in [2.75, 3.05) is 0 Å². The molecule has 0 radical (unpaired) electrons. The lowest BCUT2D eigenvalue weighted by molar-refractivity contribution is 0.112. The van der Waals surface area contributed by atoms with E-state index in [1.807, 2.05) is 12.1 Å². The van der Waals surface area contributed by atoms with Crippen LogP contribution in [0.1, 0.15) is 28.4 Å². The van der Waals surface area contributed by atoms with E-state index < -0.39 is 0 Å². The summed E-state index contributed by atoms with van der Waals surface area (Å²) in [6.07, 6.45) is 1.86. The summed E-state index contributed by atoms with van der Waals surface area (Å²) in [6, 6.07) is 14.4. The maximum absolute atomic E-state index is 10.9. The predicted octanol–water partition coefficient (Wildman–Crippen LogP) is 4.04. The molecule has 0 aliphatic carbocycles. The molecule has 0 saturated carbocycles. The van der Waals surface area contributed by atoms with Gasteiger partial charge in [0.05, 0.1) is 0 Å². The topological polar surface area (TPSA) is 17.1 Å². The van der Waals surface area contributed by atoms with Crippen LogP contribution in [0.2, 0.25) is 0 Å². The van der Waals surface area contributed by atoms with E-state index in [9.17, 15) is 4.79 Å². The Balaban J connectivity index is 2.50. The molecule has 2 aromatic rings. The molecule has 0 unspecified atom stereocenters. The Morgan fingerprint density at radius 2 is 1.71 bits per heavy atom. The summed E-state index contributed by atoms with van der Waals surface area (Å²) in [4.78, 5) is 10.9. The van der Waals surface area contributed by atoms with Gasteiger partial charge in [0.25, 0.3) is 0 Å².